The number of ketones is 1. The largest absolute Gasteiger partial charge is 0.508 e. The summed E-state index contributed by atoms with van der Waals surface area (Å²) in [5.41, 5.74) is 0.715. The third kappa shape index (κ3) is 5.45. The average molecular weight is 503 g/mol. The van der Waals surface area contributed by atoms with Crippen LogP contribution in [0.1, 0.15) is 43.5 Å². The van der Waals surface area contributed by atoms with Gasteiger partial charge in [-0.15, -0.1) is 0 Å². The van der Waals surface area contributed by atoms with Gasteiger partial charge in [-0.05, 0) is 68.3 Å². The van der Waals surface area contributed by atoms with E-state index in [0.717, 1.165) is 5.56 Å². The maximum Gasteiger partial charge on any atom is 0.295 e. The Morgan fingerprint density at radius 3 is 2.11 bits per heavy atom. The molecular formula is C28H26N2O7. The molecule has 37 heavy (non-hydrogen) atoms. The number of aliphatic hydroxyl groups excluding tert-OH is 1. The Hall–Kier alpha value is -4.66. The highest BCUT2D eigenvalue weighted by Crippen LogP contribution is 2.41. The van der Waals surface area contributed by atoms with E-state index in [0.29, 0.717) is 11.3 Å². The molecule has 4 rings (SSSR count). The lowest BCUT2D eigenvalue weighted by atomic mass is 9.95. The molecule has 0 radical (unpaired) electrons. The van der Waals surface area contributed by atoms with Gasteiger partial charge in [-0.2, -0.15) is 0 Å². The summed E-state index contributed by atoms with van der Waals surface area (Å²) in [5, 5.41) is 31.9. The molecule has 0 saturated carbocycles. The van der Waals surface area contributed by atoms with Crippen LogP contribution in [0.15, 0.2) is 78.4 Å². The molecule has 9 heteroatoms. The molecule has 1 unspecified atom stereocenters. The minimum Gasteiger partial charge on any atom is -0.508 e. The minimum atomic E-state index is -0.943. The van der Waals surface area contributed by atoms with Crippen molar-refractivity contribution in [3.63, 3.8) is 0 Å². The van der Waals surface area contributed by atoms with Crippen molar-refractivity contribution in [3.05, 3.63) is 105 Å². The number of benzene rings is 3. The molecule has 1 aliphatic rings. The lowest BCUT2D eigenvalue weighted by Gasteiger charge is -2.26. The van der Waals surface area contributed by atoms with Crippen LogP contribution in [0.2, 0.25) is 0 Å². The Morgan fingerprint density at radius 1 is 0.973 bits per heavy atom. The molecule has 1 atom stereocenters. The number of aliphatic hydroxyl groups is 1. The van der Waals surface area contributed by atoms with Gasteiger partial charge in [0.05, 0.1) is 16.5 Å². The topological polar surface area (TPSA) is 130 Å². The number of non-ortho nitro benzene ring substituents is 1. The number of Topliss-reactive ketones (excluding diaryl/α,β-unsaturated/α-hetero) is 1. The summed E-state index contributed by atoms with van der Waals surface area (Å²) in [6.45, 7) is 5.87. The Balaban J connectivity index is 1.75. The van der Waals surface area contributed by atoms with E-state index in [9.17, 15) is 29.9 Å². The van der Waals surface area contributed by atoms with Crippen molar-refractivity contribution in [2.45, 2.75) is 39.0 Å². The Bertz CT molecular complexity index is 1370. The molecule has 1 aliphatic heterocycles. The molecule has 0 aliphatic carbocycles. The van der Waals surface area contributed by atoms with Crippen LogP contribution < -0.4 is 4.74 Å². The number of nitro benzene ring substituents is 1. The molecule has 0 spiro atoms. The van der Waals surface area contributed by atoms with Crippen molar-refractivity contribution in [2.24, 2.45) is 0 Å². The summed E-state index contributed by atoms with van der Waals surface area (Å²) in [7, 11) is 0. The first-order chi connectivity index (χ1) is 17.4. The average Bonchev–Trinajstić information content (AvgIpc) is 3.09. The Kier molecular flexibility index (Phi) is 6.72. The molecule has 2 N–H and O–H groups in total. The summed E-state index contributed by atoms with van der Waals surface area (Å²) in [5.74, 6) is -1.45. The zero-order valence-electron chi connectivity index (χ0n) is 20.5. The predicted molar refractivity (Wildman–Crippen MR) is 136 cm³/mol. The minimum absolute atomic E-state index is 0.00510. The maximum atomic E-state index is 13.2. The number of phenolic OH excluding ortho intramolecular Hbond substituents is 1. The van der Waals surface area contributed by atoms with Crippen LogP contribution in [0.5, 0.6) is 11.5 Å². The summed E-state index contributed by atoms with van der Waals surface area (Å²) >= 11 is 0. The molecule has 3 aromatic rings. The van der Waals surface area contributed by atoms with Gasteiger partial charge < -0.3 is 19.8 Å². The fourth-order valence-electron chi connectivity index (χ4n) is 4.16. The number of rotatable bonds is 6. The predicted octanol–water partition coefficient (Wildman–Crippen LogP) is 5.10. The first-order valence-corrected chi connectivity index (χ1v) is 11.5. The fraction of sp³-hybridized carbons (Fsp3) is 0.214. The normalized spacial score (nSPS) is 17.2. The number of carbonyl (C=O) groups excluding carboxylic acids is 2. The quantitative estimate of drug-likeness (QED) is 0.158. The van der Waals surface area contributed by atoms with Gasteiger partial charge in [0.25, 0.3) is 17.4 Å². The number of amides is 1. The zero-order chi connectivity index (χ0) is 26.9. The number of hydrogen-bond acceptors (Lipinski definition) is 7. The standard InChI is InChI=1S/C28H26N2O7/c1-28(2,3)37-22-14-4-17(5-15-22)16-29-24(18-8-12-21(31)13-9-18)23(26(33)27(29)34)25(32)19-6-10-20(11-7-19)30(35)36/h4-15,24,31-32H,16H2,1-3H3/b25-23-. The number of ether oxygens (including phenoxy) is 1. The monoisotopic (exact) mass is 502 g/mol. The number of nitrogens with zero attached hydrogens (tertiary/aromatic N) is 2. The molecule has 0 aromatic heterocycles. The van der Waals surface area contributed by atoms with Gasteiger partial charge in [-0.1, -0.05) is 24.3 Å². The van der Waals surface area contributed by atoms with Crippen LogP contribution >= 0.6 is 0 Å². The molecule has 1 saturated heterocycles. The van der Waals surface area contributed by atoms with E-state index in [2.05, 4.69) is 0 Å². The molecular weight excluding hydrogens is 476 g/mol. The highest BCUT2D eigenvalue weighted by Gasteiger charge is 2.46. The van der Waals surface area contributed by atoms with E-state index in [1.807, 2.05) is 20.8 Å². The third-order valence-electron chi connectivity index (χ3n) is 5.80. The van der Waals surface area contributed by atoms with E-state index in [4.69, 9.17) is 4.74 Å². The second-order valence-electron chi connectivity index (χ2n) is 9.68. The third-order valence-corrected chi connectivity index (χ3v) is 5.80. The van der Waals surface area contributed by atoms with Gasteiger partial charge in [0, 0.05) is 24.2 Å². The number of hydrogen-bond donors (Lipinski definition) is 2. The highest BCUT2D eigenvalue weighted by molar-refractivity contribution is 6.46. The lowest BCUT2D eigenvalue weighted by Crippen LogP contribution is -2.29. The van der Waals surface area contributed by atoms with Crippen molar-refractivity contribution in [1.29, 1.82) is 0 Å². The van der Waals surface area contributed by atoms with Gasteiger partial charge in [-0.3, -0.25) is 19.7 Å². The second kappa shape index (κ2) is 9.77. The first-order valence-electron chi connectivity index (χ1n) is 11.5. The Labute approximate surface area is 213 Å². The molecule has 1 heterocycles. The van der Waals surface area contributed by atoms with E-state index >= 15 is 0 Å². The molecule has 0 bridgehead atoms. The van der Waals surface area contributed by atoms with Gasteiger partial charge in [-0.25, -0.2) is 0 Å². The van der Waals surface area contributed by atoms with E-state index in [1.54, 1.807) is 36.4 Å². The van der Waals surface area contributed by atoms with Crippen molar-refractivity contribution in [2.75, 3.05) is 0 Å². The number of nitro groups is 1. The molecule has 190 valence electrons. The van der Waals surface area contributed by atoms with E-state index in [1.165, 1.54) is 41.3 Å². The summed E-state index contributed by atoms with van der Waals surface area (Å²) < 4.78 is 5.85. The van der Waals surface area contributed by atoms with Crippen molar-refractivity contribution in [3.8, 4) is 11.5 Å². The van der Waals surface area contributed by atoms with Crippen LogP contribution in [0.4, 0.5) is 5.69 Å². The summed E-state index contributed by atoms with van der Waals surface area (Å²) in [4.78, 5) is 38.1. The van der Waals surface area contributed by atoms with E-state index in [-0.39, 0.29) is 34.7 Å². The smallest absolute Gasteiger partial charge is 0.295 e. The molecule has 9 nitrogen and oxygen atoms in total. The van der Waals surface area contributed by atoms with Crippen LogP contribution in [-0.4, -0.2) is 37.3 Å². The van der Waals surface area contributed by atoms with Gasteiger partial charge in [0.15, 0.2) is 0 Å². The number of likely N-dealkylation sites (tertiary alicyclic amines) is 1. The molecule has 1 amide bonds. The zero-order valence-corrected chi connectivity index (χ0v) is 20.5. The summed E-state index contributed by atoms with van der Waals surface area (Å²) in [6, 6.07) is 17.3. The summed E-state index contributed by atoms with van der Waals surface area (Å²) in [6.07, 6.45) is 0. The van der Waals surface area contributed by atoms with Gasteiger partial charge in [0.1, 0.15) is 22.9 Å². The molecule has 3 aromatic carbocycles. The molecule has 1 fully saturated rings. The van der Waals surface area contributed by atoms with Crippen LogP contribution in [-0.2, 0) is 16.1 Å². The van der Waals surface area contributed by atoms with Crippen molar-refractivity contribution >= 4 is 23.1 Å². The van der Waals surface area contributed by atoms with Gasteiger partial charge in [0.2, 0.25) is 0 Å². The fourth-order valence-corrected chi connectivity index (χ4v) is 4.16. The number of phenols is 1. The Morgan fingerprint density at radius 2 is 1.57 bits per heavy atom. The van der Waals surface area contributed by atoms with Crippen LogP contribution in [0, 0.1) is 10.1 Å². The number of aromatic hydroxyl groups is 1. The van der Waals surface area contributed by atoms with Crippen LogP contribution in [0.25, 0.3) is 5.76 Å². The second-order valence-corrected chi connectivity index (χ2v) is 9.68. The SMILES string of the molecule is CC(C)(C)Oc1ccc(CN2C(=O)C(=O)/C(=C(\O)c3ccc([N+](=O)[O-])cc3)C2c2ccc(O)cc2)cc1. The maximum absolute atomic E-state index is 13.2. The van der Waals surface area contributed by atoms with Gasteiger partial charge >= 0.3 is 0 Å². The van der Waals surface area contributed by atoms with Crippen molar-refractivity contribution in [1.82, 2.24) is 4.90 Å². The van der Waals surface area contributed by atoms with E-state index < -0.39 is 28.4 Å². The first kappa shape index (κ1) is 25.4. The van der Waals surface area contributed by atoms with Crippen LogP contribution in [0.3, 0.4) is 0 Å². The van der Waals surface area contributed by atoms with Crippen molar-refractivity contribution < 1.29 is 29.5 Å². The lowest BCUT2D eigenvalue weighted by molar-refractivity contribution is -0.384. The number of carbonyl (C=O) groups is 2. The highest BCUT2D eigenvalue weighted by atomic mass is 16.6.